The molecular formula is C133H191Br3N8. The molecule has 32 atom stereocenters. The normalized spacial score (nSPS) is 71.6. The predicted octanol–water partition coefficient (Wildman–Crippen LogP) is 33.2. The largest absolute Gasteiger partial charge is 0.325 e. The lowest BCUT2D eigenvalue weighted by Gasteiger charge is -2.76. The van der Waals surface area contributed by atoms with Gasteiger partial charge >= 0.3 is 0 Å². The summed E-state index contributed by atoms with van der Waals surface area (Å²) >= 11 is 12.5. The maximum Gasteiger partial charge on any atom is 0.0499 e. The lowest BCUT2D eigenvalue weighted by molar-refractivity contribution is -0.253. The summed E-state index contributed by atoms with van der Waals surface area (Å²) in [5, 5.41) is 8.63. The van der Waals surface area contributed by atoms with Crippen LogP contribution in [0.25, 0.3) is 20.9 Å². The van der Waals surface area contributed by atoms with Gasteiger partial charge in [-0.05, 0) is 739 Å². The highest BCUT2D eigenvalue weighted by atomic mass is 79.9. The Morgan fingerprint density at radius 2 is 0.410 bits per heavy atom. The molecule has 63 fully saturated rings. The fourth-order valence-corrected chi connectivity index (χ4v) is 70.1. The Labute approximate surface area is 894 Å². The minimum Gasteiger partial charge on any atom is -0.325 e. The van der Waals surface area contributed by atoms with Crippen molar-refractivity contribution in [2.45, 2.75) is 430 Å². The van der Waals surface area contributed by atoms with Gasteiger partial charge in [0.2, 0.25) is 0 Å². The van der Waals surface area contributed by atoms with Crippen LogP contribution in [0, 0.1) is 381 Å². The van der Waals surface area contributed by atoms with E-state index < -0.39 is 0 Å². The van der Waals surface area contributed by atoms with Gasteiger partial charge in [-0.2, -0.15) is 0 Å². The van der Waals surface area contributed by atoms with Gasteiger partial charge in [-0.25, -0.2) is 0 Å². The molecule has 63 rings (SSSR count). The molecular weight excluding hydrogens is 1950 g/mol. The zero-order valence-electron chi connectivity index (χ0n) is 90.6. The van der Waals surface area contributed by atoms with Gasteiger partial charge < -0.3 is 11.5 Å². The Hall–Kier alpha value is -0.0200. The fourth-order valence-electron chi connectivity index (χ4n) is 66.2. The Morgan fingerprint density at radius 1 is 0.181 bits per heavy atom. The molecule has 0 heterocycles. The van der Waals surface area contributed by atoms with Crippen molar-refractivity contribution in [2.75, 3.05) is 0 Å². The zero-order chi connectivity index (χ0) is 95.5. The van der Waals surface area contributed by atoms with Crippen molar-refractivity contribution >= 4 is 47.8 Å². The van der Waals surface area contributed by atoms with E-state index in [0.717, 1.165) is 276 Å². The molecule has 4 N–H and O–H groups in total. The summed E-state index contributed by atoms with van der Waals surface area (Å²) in [5.74, 6) is 63.7. The van der Waals surface area contributed by atoms with Crippen LogP contribution in [-0.4, -0.2) is 35.1 Å². The second kappa shape index (κ2) is 28.9. The highest BCUT2D eigenvalue weighted by Crippen LogP contribution is 2.88. The molecule has 0 saturated heterocycles. The first kappa shape index (κ1) is 90.9. The van der Waals surface area contributed by atoms with Crippen molar-refractivity contribution in [3.63, 3.8) is 0 Å². The van der Waals surface area contributed by atoms with Gasteiger partial charge in [0.15, 0.2) is 0 Å². The van der Waals surface area contributed by atoms with Gasteiger partial charge in [0.1, 0.15) is 0 Å². The molecule has 0 aromatic rings. The van der Waals surface area contributed by atoms with Crippen LogP contribution in [0.2, 0.25) is 0 Å². The summed E-state index contributed by atoms with van der Waals surface area (Å²) in [6.45, 7) is 18.4. The minimum atomic E-state index is 0.0203. The molecule has 63 aliphatic rings. The number of alkyl halides is 3. The molecule has 0 aliphatic heterocycles. The van der Waals surface area contributed by atoms with Gasteiger partial charge in [0.05, 0.1) is 0 Å². The minimum absolute atomic E-state index is 0.0203. The van der Waals surface area contributed by atoms with Crippen LogP contribution < -0.4 is 11.5 Å². The molecule has 8 nitrogen and oxygen atoms in total. The van der Waals surface area contributed by atoms with Crippen LogP contribution in [0.1, 0.15) is 395 Å². The Balaban J connectivity index is 0.0000000667. The van der Waals surface area contributed by atoms with Crippen molar-refractivity contribution in [3.8, 4) is 0 Å². The van der Waals surface area contributed by atoms with Gasteiger partial charge in [0.25, 0.3) is 0 Å². The highest BCUT2D eigenvalue weighted by Gasteiger charge is 2.81. The van der Waals surface area contributed by atoms with Crippen LogP contribution in [-0.2, 0) is 0 Å². The molecule has 72 bridgehead atoms. The first-order valence-corrected chi connectivity index (χ1v) is 68.2. The van der Waals surface area contributed by atoms with Gasteiger partial charge in [-0.1, -0.05) is 106 Å². The van der Waals surface area contributed by atoms with Crippen LogP contribution in [0.3, 0.4) is 0 Å². The van der Waals surface area contributed by atoms with Crippen molar-refractivity contribution in [1.29, 1.82) is 0 Å². The lowest BCUT2D eigenvalue weighted by atomic mass is 9.30. The summed E-state index contributed by atoms with van der Waals surface area (Å²) in [5.41, 5.74) is 36.7. The molecule has 0 aromatic carbocycles. The number of hydrogen-bond donors (Lipinski definition) is 2. The molecule has 63 saturated carbocycles. The first-order chi connectivity index (χ1) is 69.1. The molecule has 63 aliphatic carbocycles. The third kappa shape index (κ3) is 11.4. The average molecular weight is 2140 g/mol. The number of halogens is 3. The Bertz CT molecular complexity index is 5010. The second-order valence-corrected chi connectivity index (χ2v) is 76.1. The van der Waals surface area contributed by atoms with Crippen LogP contribution in [0.4, 0.5) is 0 Å². The average Bonchev–Trinajstić information content (AvgIpc) is 0.665. The Kier molecular flexibility index (Phi) is 18.2. The molecule has 144 heavy (non-hydrogen) atoms. The molecule has 0 aromatic heterocycles. The number of nitrogens with two attached hydrogens (primary N) is 2. The summed E-state index contributed by atoms with van der Waals surface area (Å²) in [6, 6.07) is 0. The second-order valence-electron chi connectivity index (χ2n) is 71.3. The molecule has 0 amide bonds. The van der Waals surface area contributed by atoms with E-state index in [4.69, 9.17) is 22.5 Å². The van der Waals surface area contributed by atoms with Crippen molar-refractivity contribution < 1.29 is 0 Å². The van der Waals surface area contributed by atoms with E-state index in [1.165, 1.54) is 249 Å². The highest BCUT2D eigenvalue weighted by molar-refractivity contribution is 9.10. The van der Waals surface area contributed by atoms with Crippen LogP contribution >= 0.6 is 47.8 Å². The number of azide groups is 2. The number of rotatable bonds is 2. The molecule has 0 spiro atoms. The first-order valence-electron chi connectivity index (χ1n) is 65.8. The summed E-state index contributed by atoms with van der Waals surface area (Å²) in [6.07, 6.45) is 81.9. The topological polar surface area (TPSA) is 150 Å². The van der Waals surface area contributed by atoms with Crippen molar-refractivity contribution in [1.82, 2.24) is 0 Å². The van der Waals surface area contributed by atoms with E-state index in [1.54, 1.807) is 186 Å². The standard InChI is InChI=1S/2C15H21Br.2C15H21N3.2C15H23N.C15H22.C14H19Br.C14H20/c1-14-7-15(16)5-10-9-2-8(3-12(10)14)4-13(14)11(9)6-15;1-14-4-8-2-9-11-5-15(16,6-12(9)14)7-13(14)10(11)3-8;1-14-7-15(17-18-16)5-10-9-2-8(3-12(10)14)4-13(14)11(9)6-15;1-14-4-8-2-9-11-5-15(17-18-16,6-12(9)14)7-13(14)10(11)3-8;1-14-7-15(16)5-10-9-2-8(3-12(10)14)4-13(14)11(9)6-15;1-14-4-8-2-9-11-5-15(16,6-12(9)14)7-13(14)10(11)3-8;1-15-7-9-3-11-10-2-8(5-13(11)15)6-14(15)12(10)4-9;15-14-6-8-2-10-9-1-7(4-12(10)14)5-13(14)11(9)3-8;1-7-2-12-10-4-8-5-11(9(1)10)13(3-7)14(12)6-8/h2*8-13H,2-7H2,1H3;2*8-13H,2-7H2,1H3;2*8-13H,2-7,16H2,1H3;8-14H,2-7H2,1H3;7-13H,1-6H2;7-14H,1-6H2. The van der Waals surface area contributed by atoms with Crippen LogP contribution in [0.5, 0.6) is 0 Å². The molecule has 11 heteroatoms. The predicted molar refractivity (Wildman–Crippen MR) is 581 cm³/mol. The summed E-state index contributed by atoms with van der Waals surface area (Å²) < 4.78 is 1.80. The number of nitrogens with zero attached hydrogens (tertiary/aromatic N) is 6. The monoisotopic (exact) mass is 2140 g/mol. The molecule has 784 valence electrons. The summed E-state index contributed by atoms with van der Waals surface area (Å²) in [4.78, 5) is 6.42. The maximum absolute atomic E-state index is 8.95. The summed E-state index contributed by atoms with van der Waals surface area (Å²) in [7, 11) is 0. The fraction of sp³-hybridized carbons (Fsp3) is 1.00. The Morgan fingerprint density at radius 3 is 0.785 bits per heavy atom. The van der Waals surface area contributed by atoms with Gasteiger partial charge in [0, 0.05) is 45.0 Å². The van der Waals surface area contributed by atoms with E-state index in [1.807, 2.05) is 0 Å². The van der Waals surface area contributed by atoms with Crippen molar-refractivity contribution in [2.24, 2.45) is 403 Å². The molecule has 0 radical (unpaired) electrons. The van der Waals surface area contributed by atoms with E-state index in [9.17, 15) is 0 Å². The molecule has 32 unspecified atom stereocenters. The third-order valence-corrected chi connectivity index (χ3v) is 70.8. The van der Waals surface area contributed by atoms with E-state index in [-0.39, 0.29) is 22.2 Å². The van der Waals surface area contributed by atoms with Gasteiger partial charge in [-0.15, -0.1) is 0 Å². The lowest BCUT2D eigenvalue weighted by Crippen LogP contribution is -2.73. The van der Waals surface area contributed by atoms with Crippen LogP contribution in [0.15, 0.2) is 10.2 Å². The third-order valence-electron chi connectivity index (χ3n) is 67.4. The maximum atomic E-state index is 8.95. The smallest absolute Gasteiger partial charge is 0.0499 e. The zero-order valence-corrected chi connectivity index (χ0v) is 95.4. The van der Waals surface area contributed by atoms with E-state index >= 15 is 0 Å². The van der Waals surface area contributed by atoms with E-state index in [2.05, 4.69) is 116 Å². The quantitative estimate of drug-likeness (QED) is 0.123. The number of hydrogen-bond acceptors (Lipinski definition) is 4. The van der Waals surface area contributed by atoms with Crippen molar-refractivity contribution in [3.05, 3.63) is 20.9 Å². The SMILES string of the molecule is BrC12CC3CC4C5CC(CC41)CC2C5C3.C1C2CC3C4CC5CC(C14)C(C2)C3C5.CC12CC3(Br)CC4C5CC(CC41)CC2C5C3.CC12CC3(N)CC4C5CC(CC41)CC2C5C3.CC12CC3(N=[N+]=[N-])CC4C5CC(CC41)CC2C5C3.CC12CC3CC4C5CC(Br)(CC41)CC2C5C3.CC12CC3CC4C5CC(CC41)CC2C5C3.CC12CC3CC4C5CC(N)(CC41)CC2C5C3.CC12CC3CC4C5CC(N=[N+]=[N-])(CC41)CC2C5C3. The van der Waals surface area contributed by atoms with E-state index in [0.29, 0.717) is 29.2 Å². The van der Waals surface area contributed by atoms with Gasteiger partial charge in [-0.3, -0.25) is 0 Å².